The fourth-order valence-electron chi connectivity index (χ4n) is 4.27. The average molecular weight is 519 g/mol. The van der Waals surface area contributed by atoms with Gasteiger partial charge in [-0.2, -0.15) is 26.3 Å². The van der Waals surface area contributed by atoms with Gasteiger partial charge in [-0.3, -0.25) is 0 Å². The predicted octanol–water partition coefficient (Wildman–Crippen LogP) is 10.4. The monoisotopic (exact) mass is 518 g/mol. The van der Waals surface area contributed by atoms with Crippen LogP contribution in [0, 0.1) is 0 Å². The van der Waals surface area contributed by atoms with Crippen molar-refractivity contribution < 1.29 is 26.3 Å². The zero-order valence-corrected chi connectivity index (χ0v) is 19.8. The molecule has 0 aliphatic rings. The minimum Gasteiger partial charge on any atom is -0.166 e. The van der Waals surface area contributed by atoms with E-state index in [0.717, 1.165) is 56.9 Å². The maximum atomic E-state index is 12.8. The lowest BCUT2D eigenvalue weighted by molar-refractivity contribution is -0.138. The van der Waals surface area contributed by atoms with Crippen molar-refractivity contribution in [3.8, 4) is 0 Å². The van der Waals surface area contributed by atoms with Gasteiger partial charge < -0.3 is 0 Å². The second-order valence-corrected chi connectivity index (χ2v) is 8.93. The summed E-state index contributed by atoms with van der Waals surface area (Å²) in [6.45, 7) is 0. The van der Waals surface area contributed by atoms with E-state index >= 15 is 0 Å². The molecular weight excluding hydrogens is 498 g/mol. The van der Waals surface area contributed by atoms with Gasteiger partial charge in [0.15, 0.2) is 0 Å². The molecule has 0 aliphatic carbocycles. The Bertz CT molecular complexity index is 1530. The lowest BCUT2D eigenvalue weighted by atomic mass is 9.98. The van der Waals surface area contributed by atoms with Gasteiger partial charge in [-0.25, -0.2) is 0 Å². The Labute approximate surface area is 215 Å². The number of hydrogen-bond donors (Lipinski definition) is 0. The zero-order chi connectivity index (χ0) is 26.9. The van der Waals surface area contributed by atoms with Crippen LogP contribution in [0.15, 0.2) is 97.1 Å². The average Bonchev–Trinajstić information content (AvgIpc) is 2.90. The molecule has 5 aromatic carbocycles. The van der Waals surface area contributed by atoms with E-state index in [9.17, 15) is 26.3 Å². The van der Waals surface area contributed by atoms with Crippen molar-refractivity contribution in [2.24, 2.45) is 0 Å². The summed E-state index contributed by atoms with van der Waals surface area (Å²) in [6.07, 6.45) is -1.43. The molecule has 0 amide bonds. The smallest absolute Gasteiger partial charge is 0.166 e. The maximum absolute atomic E-state index is 12.8. The molecule has 0 N–H and O–H groups in total. The fraction of sp³-hybridized carbons (Fsp3) is 0.0625. The van der Waals surface area contributed by atoms with Gasteiger partial charge in [-0.15, -0.1) is 0 Å². The van der Waals surface area contributed by atoms with Crippen molar-refractivity contribution in [1.29, 1.82) is 0 Å². The lowest BCUT2D eigenvalue weighted by Gasteiger charge is -2.07. The topological polar surface area (TPSA) is 0 Å². The fourth-order valence-corrected chi connectivity index (χ4v) is 4.27. The molecule has 0 unspecified atom stereocenters. The van der Waals surface area contributed by atoms with Crippen LogP contribution in [0.4, 0.5) is 26.3 Å². The number of benzene rings is 5. The molecule has 5 aromatic rings. The molecule has 6 heteroatoms. The van der Waals surface area contributed by atoms with Crippen LogP contribution in [0.5, 0.6) is 0 Å². The van der Waals surface area contributed by atoms with Gasteiger partial charge in [-0.05, 0) is 80.2 Å². The third kappa shape index (κ3) is 5.65. The Hall–Kier alpha value is -4.32. The van der Waals surface area contributed by atoms with E-state index in [1.807, 2.05) is 60.7 Å². The molecule has 0 aliphatic heterocycles. The first kappa shape index (κ1) is 25.3. The molecular formula is C32H20F6. The predicted molar refractivity (Wildman–Crippen MR) is 142 cm³/mol. The van der Waals surface area contributed by atoms with Crippen LogP contribution in [0.1, 0.15) is 33.4 Å². The summed E-state index contributed by atoms with van der Waals surface area (Å²) in [4.78, 5) is 0. The lowest BCUT2D eigenvalue weighted by Crippen LogP contribution is -2.03. The highest BCUT2D eigenvalue weighted by Gasteiger charge is 2.30. The summed E-state index contributed by atoms with van der Waals surface area (Å²) in [5, 5.41) is 4.18. The Morgan fingerprint density at radius 1 is 0.368 bits per heavy atom. The first-order valence-electron chi connectivity index (χ1n) is 11.7. The van der Waals surface area contributed by atoms with Gasteiger partial charge in [0.1, 0.15) is 0 Å². The van der Waals surface area contributed by atoms with Crippen LogP contribution < -0.4 is 0 Å². The summed E-state index contributed by atoms with van der Waals surface area (Å²) < 4.78 is 76.5. The van der Waals surface area contributed by atoms with E-state index in [0.29, 0.717) is 11.1 Å². The number of halogens is 6. The van der Waals surface area contributed by atoms with E-state index in [2.05, 4.69) is 0 Å². The highest BCUT2D eigenvalue weighted by molar-refractivity contribution is 6.08. The summed E-state index contributed by atoms with van der Waals surface area (Å²) in [6, 6.07) is 26.1. The minimum atomic E-state index is -4.35. The number of alkyl halides is 6. The second-order valence-electron chi connectivity index (χ2n) is 8.93. The minimum absolute atomic E-state index is 0.675. The van der Waals surface area contributed by atoms with Gasteiger partial charge in [0, 0.05) is 0 Å². The van der Waals surface area contributed by atoms with E-state index in [-0.39, 0.29) is 0 Å². The molecule has 5 rings (SSSR count). The van der Waals surface area contributed by atoms with E-state index < -0.39 is 23.5 Å². The van der Waals surface area contributed by atoms with Crippen molar-refractivity contribution in [2.75, 3.05) is 0 Å². The van der Waals surface area contributed by atoms with Gasteiger partial charge in [0.05, 0.1) is 11.1 Å². The third-order valence-electron chi connectivity index (χ3n) is 6.30. The molecule has 0 heterocycles. The van der Waals surface area contributed by atoms with Crippen LogP contribution in [0.2, 0.25) is 0 Å². The standard InChI is InChI=1S/C32H20F6/c33-31(34,35)27-13-5-21(6-14-27)1-3-23-9-17-29-25(19-23)11-12-26-20-24(10-18-30(26)29)4-2-22-7-15-28(16-8-22)32(36,37)38/h1-20H/b3-1+,4-2+. The molecule has 0 saturated heterocycles. The van der Waals surface area contributed by atoms with Crippen molar-refractivity contribution in [3.63, 3.8) is 0 Å². The van der Waals surface area contributed by atoms with Crippen molar-refractivity contribution in [3.05, 3.63) is 130 Å². The first-order valence-corrected chi connectivity index (χ1v) is 11.7. The quantitative estimate of drug-likeness (QED) is 0.126. The Morgan fingerprint density at radius 2 is 0.684 bits per heavy atom. The largest absolute Gasteiger partial charge is 0.416 e. The Kier molecular flexibility index (Phi) is 6.57. The van der Waals surface area contributed by atoms with Gasteiger partial charge in [0.25, 0.3) is 0 Å². The molecule has 0 nitrogen and oxygen atoms in total. The summed E-state index contributed by atoms with van der Waals surface area (Å²) >= 11 is 0. The molecule has 0 spiro atoms. The molecule has 190 valence electrons. The molecule has 0 bridgehead atoms. The van der Waals surface area contributed by atoms with Gasteiger partial charge in [0.2, 0.25) is 0 Å². The number of fused-ring (bicyclic) bond motifs is 3. The molecule has 0 radical (unpaired) electrons. The Morgan fingerprint density at radius 3 is 1.03 bits per heavy atom. The second kappa shape index (κ2) is 9.86. The zero-order valence-electron chi connectivity index (χ0n) is 19.8. The highest BCUT2D eigenvalue weighted by Crippen LogP contribution is 2.31. The van der Waals surface area contributed by atoms with Crippen LogP contribution in [0.3, 0.4) is 0 Å². The molecule has 0 aromatic heterocycles. The molecule has 38 heavy (non-hydrogen) atoms. The highest BCUT2D eigenvalue weighted by atomic mass is 19.4. The number of rotatable bonds is 4. The van der Waals surface area contributed by atoms with Crippen LogP contribution >= 0.6 is 0 Å². The van der Waals surface area contributed by atoms with Crippen LogP contribution in [-0.2, 0) is 12.4 Å². The van der Waals surface area contributed by atoms with Gasteiger partial charge in [-0.1, -0.05) is 85.0 Å². The van der Waals surface area contributed by atoms with E-state index in [1.54, 1.807) is 12.2 Å². The molecule has 0 saturated carbocycles. The van der Waals surface area contributed by atoms with E-state index in [4.69, 9.17) is 0 Å². The van der Waals surface area contributed by atoms with Gasteiger partial charge >= 0.3 is 12.4 Å². The van der Waals surface area contributed by atoms with Crippen molar-refractivity contribution in [2.45, 2.75) is 12.4 Å². The van der Waals surface area contributed by atoms with Crippen molar-refractivity contribution >= 4 is 45.8 Å². The van der Waals surface area contributed by atoms with Crippen LogP contribution in [-0.4, -0.2) is 0 Å². The van der Waals surface area contributed by atoms with E-state index in [1.165, 1.54) is 24.3 Å². The maximum Gasteiger partial charge on any atom is 0.416 e. The molecule has 0 fully saturated rings. The van der Waals surface area contributed by atoms with Crippen molar-refractivity contribution in [1.82, 2.24) is 0 Å². The number of hydrogen-bond acceptors (Lipinski definition) is 0. The summed E-state index contributed by atoms with van der Waals surface area (Å²) in [5.41, 5.74) is 1.85. The molecule has 0 atom stereocenters. The summed E-state index contributed by atoms with van der Waals surface area (Å²) in [5.74, 6) is 0. The first-order chi connectivity index (χ1) is 18.1. The van der Waals surface area contributed by atoms with Crippen LogP contribution in [0.25, 0.3) is 45.8 Å². The summed E-state index contributed by atoms with van der Waals surface area (Å²) in [7, 11) is 0. The SMILES string of the molecule is FC(F)(F)c1ccc(/C=C/c2ccc3c(ccc4cc(/C=C/c5ccc(C(F)(F)F)cc5)ccc43)c2)cc1. The third-order valence-corrected chi connectivity index (χ3v) is 6.30. The Balaban J connectivity index is 1.35. The normalized spacial score (nSPS) is 12.8.